The Labute approximate surface area is 109 Å². The number of ether oxygens (including phenoxy) is 1. The van der Waals surface area contributed by atoms with Gasteiger partial charge in [0.15, 0.2) is 0 Å². The first kappa shape index (κ1) is 14.8. The highest BCUT2D eigenvalue weighted by Crippen LogP contribution is 2.51. The fraction of sp³-hybridized carbons (Fsp3) is 0.923. The third-order valence-electron chi connectivity index (χ3n) is 3.50. The van der Waals surface area contributed by atoms with E-state index in [2.05, 4.69) is 6.92 Å². The quantitative estimate of drug-likeness (QED) is 0.511. The molecule has 0 heterocycles. The van der Waals surface area contributed by atoms with E-state index in [0.29, 0.717) is 12.5 Å². The standard InChI is InChI=1S/C13H25NO2S/c1-3-11(14)5-4-8-17-10-13(6-7-13)9-12(15)16-2/h11H,3-10,14H2,1-2H3. The lowest BCUT2D eigenvalue weighted by molar-refractivity contribution is -0.141. The van der Waals surface area contributed by atoms with Crippen molar-refractivity contribution in [2.45, 2.75) is 51.5 Å². The van der Waals surface area contributed by atoms with Gasteiger partial charge in [0, 0.05) is 6.04 Å². The van der Waals surface area contributed by atoms with Crippen LogP contribution in [0.2, 0.25) is 0 Å². The van der Waals surface area contributed by atoms with Gasteiger partial charge in [0.25, 0.3) is 0 Å². The topological polar surface area (TPSA) is 52.3 Å². The maximum absolute atomic E-state index is 11.2. The van der Waals surface area contributed by atoms with E-state index in [4.69, 9.17) is 10.5 Å². The molecule has 1 saturated carbocycles. The second-order valence-corrected chi connectivity index (χ2v) is 6.22. The molecule has 0 aromatic rings. The van der Waals surface area contributed by atoms with Gasteiger partial charge in [-0.3, -0.25) is 4.79 Å². The molecule has 3 nitrogen and oxygen atoms in total. The molecule has 0 radical (unpaired) electrons. The van der Waals surface area contributed by atoms with Gasteiger partial charge < -0.3 is 10.5 Å². The van der Waals surface area contributed by atoms with E-state index < -0.39 is 0 Å². The molecule has 1 aliphatic rings. The van der Waals surface area contributed by atoms with Crippen LogP contribution in [0.5, 0.6) is 0 Å². The first-order chi connectivity index (χ1) is 8.12. The van der Waals surface area contributed by atoms with Gasteiger partial charge >= 0.3 is 5.97 Å². The molecule has 0 aromatic heterocycles. The molecule has 4 heteroatoms. The highest BCUT2D eigenvalue weighted by atomic mass is 32.2. The minimum Gasteiger partial charge on any atom is -0.469 e. The number of methoxy groups -OCH3 is 1. The number of hydrogen-bond acceptors (Lipinski definition) is 4. The van der Waals surface area contributed by atoms with Crippen LogP contribution < -0.4 is 5.73 Å². The van der Waals surface area contributed by atoms with Crippen molar-refractivity contribution in [3.63, 3.8) is 0 Å². The van der Waals surface area contributed by atoms with E-state index in [1.54, 1.807) is 0 Å². The molecule has 17 heavy (non-hydrogen) atoms. The van der Waals surface area contributed by atoms with Crippen molar-refractivity contribution in [3.05, 3.63) is 0 Å². The van der Waals surface area contributed by atoms with Crippen molar-refractivity contribution in [1.82, 2.24) is 0 Å². The van der Waals surface area contributed by atoms with Crippen LogP contribution in [0, 0.1) is 5.41 Å². The number of esters is 1. The average Bonchev–Trinajstić information content (AvgIpc) is 3.08. The van der Waals surface area contributed by atoms with Crippen LogP contribution >= 0.6 is 11.8 Å². The van der Waals surface area contributed by atoms with E-state index in [-0.39, 0.29) is 11.4 Å². The molecule has 100 valence electrons. The van der Waals surface area contributed by atoms with Crippen LogP contribution in [0.25, 0.3) is 0 Å². The van der Waals surface area contributed by atoms with E-state index in [9.17, 15) is 4.79 Å². The lowest BCUT2D eigenvalue weighted by Gasteiger charge is -2.13. The fourth-order valence-electron chi connectivity index (χ4n) is 1.87. The number of thioether (sulfide) groups is 1. The van der Waals surface area contributed by atoms with Crippen LogP contribution in [-0.2, 0) is 9.53 Å². The van der Waals surface area contributed by atoms with E-state index in [1.807, 2.05) is 11.8 Å². The Morgan fingerprint density at radius 3 is 2.76 bits per heavy atom. The molecule has 0 saturated heterocycles. The average molecular weight is 259 g/mol. The van der Waals surface area contributed by atoms with Gasteiger partial charge in [-0.1, -0.05) is 6.92 Å². The van der Waals surface area contributed by atoms with Crippen molar-refractivity contribution in [2.24, 2.45) is 11.1 Å². The summed E-state index contributed by atoms with van der Waals surface area (Å²) in [5.74, 6) is 2.20. The van der Waals surface area contributed by atoms with Crippen LogP contribution in [0.15, 0.2) is 0 Å². The molecule has 0 spiro atoms. The summed E-state index contributed by atoms with van der Waals surface area (Å²) in [7, 11) is 1.47. The summed E-state index contributed by atoms with van der Waals surface area (Å²) in [6.07, 6.45) is 6.34. The predicted octanol–water partition coefficient (Wildman–Crippen LogP) is 2.58. The molecular formula is C13H25NO2S. The summed E-state index contributed by atoms with van der Waals surface area (Å²) < 4.78 is 4.73. The van der Waals surface area contributed by atoms with Gasteiger partial charge in [-0.05, 0) is 49.0 Å². The van der Waals surface area contributed by atoms with Crippen molar-refractivity contribution >= 4 is 17.7 Å². The van der Waals surface area contributed by atoms with Crippen molar-refractivity contribution in [1.29, 1.82) is 0 Å². The number of nitrogens with two attached hydrogens (primary N) is 1. The molecule has 1 rings (SSSR count). The third-order valence-corrected chi connectivity index (χ3v) is 4.89. The Bertz CT molecular complexity index is 242. The Morgan fingerprint density at radius 1 is 1.53 bits per heavy atom. The maximum atomic E-state index is 11.2. The van der Waals surface area contributed by atoms with Gasteiger partial charge in [0.1, 0.15) is 0 Å². The zero-order chi connectivity index (χ0) is 12.7. The number of carbonyl (C=O) groups excluding carboxylic acids is 1. The predicted molar refractivity (Wildman–Crippen MR) is 73.1 cm³/mol. The molecule has 1 unspecified atom stereocenters. The number of rotatable bonds is 9. The molecule has 1 aliphatic carbocycles. The SMILES string of the molecule is CCC(N)CCCSCC1(CC(=O)OC)CC1. The van der Waals surface area contributed by atoms with Crippen LogP contribution in [0.3, 0.4) is 0 Å². The molecule has 0 bridgehead atoms. The highest BCUT2D eigenvalue weighted by molar-refractivity contribution is 7.99. The first-order valence-electron chi connectivity index (χ1n) is 6.52. The zero-order valence-electron chi connectivity index (χ0n) is 11.0. The molecule has 1 fully saturated rings. The minimum absolute atomic E-state index is 0.0592. The molecule has 0 amide bonds. The summed E-state index contributed by atoms with van der Waals surface area (Å²) in [6.45, 7) is 2.13. The van der Waals surface area contributed by atoms with Crippen molar-refractivity contribution < 1.29 is 9.53 Å². The Balaban J connectivity index is 2.04. The van der Waals surface area contributed by atoms with Crippen LogP contribution in [0.1, 0.15) is 45.4 Å². The first-order valence-corrected chi connectivity index (χ1v) is 7.67. The summed E-state index contributed by atoms with van der Waals surface area (Å²) in [4.78, 5) is 11.2. The van der Waals surface area contributed by atoms with Crippen LogP contribution in [-0.4, -0.2) is 30.6 Å². The van der Waals surface area contributed by atoms with Crippen molar-refractivity contribution in [3.8, 4) is 0 Å². The lowest BCUT2D eigenvalue weighted by atomic mass is 10.1. The Kier molecular flexibility index (Phi) is 6.34. The second kappa shape index (κ2) is 7.27. The van der Waals surface area contributed by atoms with E-state index in [0.717, 1.165) is 24.3 Å². The minimum atomic E-state index is -0.0592. The van der Waals surface area contributed by atoms with E-state index in [1.165, 1.54) is 26.4 Å². The van der Waals surface area contributed by atoms with E-state index >= 15 is 0 Å². The van der Waals surface area contributed by atoms with Crippen molar-refractivity contribution in [2.75, 3.05) is 18.6 Å². The number of hydrogen-bond donors (Lipinski definition) is 1. The van der Waals surface area contributed by atoms with Crippen LogP contribution in [0.4, 0.5) is 0 Å². The van der Waals surface area contributed by atoms with Gasteiger partial charge in [-0.25, -0.2) is 0 Å². The largest absolute Gasteiger partial charge is 0.469 e. The summed E-state index contributed by atoms with van der Waals surface area (Å²) in [5.41, 5.74) is 6.14. The maximum Gasteiger partial charge on any atom is 0.306 e. The van der Waals surface area contributed by atoms with Gasteiger partial charge in [-0.15, -0.1) is 0 Å². The van der Waals surface area contributed by atoms with Gasteiger partial charge in [-0.2, -0.15) is 11.8 Å². The number of carbonyl (C=O) groups is 1. The monoisotopic (exact) mass is 259 g/mol. The third kappa shape index (κ3) is 5.77. The Morgan fingerprint density at radius 2 is 2.24 bits per heavy atom. The van der Waals surface area contributed by atoms with Gasteiger partial charge in [0.05, 0.1) is 13.5 Å². The smallest absolute Gasteiger partial charge is 0.306 e. The molecule has 2 N–H and O–H groups in total. The zero-order valence-corrected chi connectivity index (χ0v) is 11.9. The summed E-state index contributed by atoms with van der Waals surface area (Å²) in [6, 6.07) is 0.362. The highest BCUT2D eigenvalue weighted by Gasteiger charge is 2.44. The lowest BCUT2D eigenvalue weighted by Crippen LogP contribution is -2.18. The summed E-state index contributed by atoms with van der Waals surface area (Å²) >= 11 is 1.96. The fourth-order valence-corrected chi connectivity index (χ4v) is 3.21. The molecule has 0 aromatic carbocycles. The summed E-state index contributed by atoms with van der Waals surface area (Å²) in [5, 5.41) is 0. The molecule has 1 atom stereocenters. The normalized spacial score (nSPS) is 18.8. The molecule has 0 aliphatic heterocycles. The molecular weight excluding hydrogens is 234 g/mol. The van der Waals surface area contributed by atoms with Gasteiger partial charge in [0.2, 0.25) is 0 Å². The second-order valence-electron chi connectivity index (χ2n) is 5.12. The Hall–Kier alpha value is -0.220.